The number of hydrogen-bond acceptors (Lipinski definition) is 4. The fourth-order valence-electron chi connectivity index (χ4n) is 2.33. The summed E-state index contributed by atoms with van der Waals surface area (Å²) in [5.74, 6) is -0.238. The van der Waals surface area contributed by atoms with Crippen LogP contribution in [0.3, 0.4) is 0 Å². The van der Waals surface area contributed by atoms with Crippen molar-refractivity contribution in [3.05, 3.63) is 82.9 Å². The number of nitro benzene ring substituents is 1. The van der Waals surface area contributed by atoms with E-state index in [1.807, 2.05) is 29.0 Å². The van der Waals surface area contributed by atoms with Crippen molar-refractivity contribution in [2.45, 2.75) is 6.42 Å². The standard InChI is InChI=1S/C17H14N4O3/c22-17(10-13-3-1-6-16(9-13)21(23)24)19-14-4-2-5-15(11-14)20-8-7-18-12-20/h1-9,11-12H,10H2,(H,19,22). The van der Waals surface area contributed by atoms with Crippen LogP contribution in [-0.4, -0.2) is 20.4 Å². The molecule has 1 aromatic heterocycles. The molecule has 7 nitrogen and oxygen atoms in total. The zero-order valence-corrected chi connectivity index (χ0v) is 12.6. The van der Waals surface area contributed by atoms with Crippen molar-refractivity contribution in [1.29, 1.82) is 0 Å². The second kappa shape index (κ2) is 6.74. The molecule has 0 bridgehead atoms. The van der Waals surface area contributed by atoms with E-state index >= 15 is 0 Å². The minimum absolute atomic E-state index is 0.0256. The number of carbonyl (C=O) groups excluding carboxylic acids is 1. The molecule has 7 heteroatoms. The summed E-state index contributed by atoms with van der Waals surface area (Å²) in [6, 6.07) is 13.4. The topological polar surface area (TPSA) is 90.1 Å². The summed E-state index contributed by atoms with van der Waals surface area (Å²) in [5.41, 5.74) is 2.09. The summed E-state index contributed by atoms with van der Waals surface area (Å²) >= 11 is 0. The molecule has 0 saturated carbocycles. The van der Waals surface area contributed by atoms with Crippen LogP contribution in [0.1, 0.15) is 5.56 Å². The highest BCUT2D eigenvalue weighted by Gasteiger charge is 2.09. The number of amides is 1. The van der Waals surface area contributed by atoms with E-state index in [0.717, 1.165) is 5.69 Å². The van der Waals surface area contributed by atoms with Gasteiger partial charge in [-0.25, -0.2) is 4.98 Å². The second-order valence-corrected chi connectivity index (χ2v) is 5.17. The van der Waals surface area contributed by atoms with Gasteiger partial charge in [-0.05, 0) is 23.8 Å². The van der Waals surface area contributed by atoms with Crippen molar-refractivity contribution in [1.82, 2.24) is 9.55 Å². The first-order chi connectivity index (χ1) is 11.6. The molecule has 0 spiro atoms. The van der Waals surface area contributed by atoms with Crippen LogP contribution in [-0.2, 0) is 11.2 Å². The van der Waals surface area contributed by atoms with Crippen molar-refractivity contribution < 1.29 is 9.72 Å². The maximum absolute atomic E-state index is 12.2. The summed E-state index contributed by atoms with van der Waals surface area (Å²) in [6.07, 6.45) is 5.22. The highest BCUT2D eigenvalue weighted by molar-refractivity contribution is 5.92. The Hall–Kier alpha value is -3.48. The molecule has 0 atom stereocenters. The van der Waals surface area contributed by atoms with E-state index in [1.54, 1.807) is 30.7 Å². The summed E-state index contributed by atoms with van der Waals surface area (Å²) in [5, 5.41) is 13.6. The lowest BCUT2D eigenvalue weighted by Gasteiger charge is -2.08. The number of carbonyl (C=O) groups is 1. The Kier molecular flexibility index (Phi) is 4.33. The molecule has 0 unspecified atom stereocenters. The van der Waals surface area contributed by atoms with Crippen LogP contribution in [0, 0.1) is 10.1 Å². The molecular formula is C17H14N4O3. The summed E-state index contributed by atoms with van der Waals surface area (Å²) < 4.78 is 1.83. The molecule has 2 aromatic carbocycles. The number of benzene rings is 2. The number of non-ortho nitro benzene ring substituents is 1. The van der Waals surface area contributed by atoms with Gasteiger partial charge in [0.25, 0.3) is 5.69 Å². The largest absolute Gasteiger partial charge is 0.326 e. The molecule has 0 aliphatic rings. The third-order valence-electron chi connectivity index (χ3n) is 3.42. The van der Waals surface area contributed by atoms with Gasteiger partial charge in [-0.2, -0.15) is 0 Å². The molecule has 3 aromatic rings. The highest BCUT2D eigenvalue weighted by Crippen LogP contribution is 2.16. The Morgan fingerprint density at radius 1 is 1.21 bits per heavy atom. The van der Waals surface area contributed by atoms with E-state index in [0.29, 0.717) is 11.3 Å². The molecule has 0 radical (unpaired) electrons. The zero-order chi connectivity index (χ0) is 16.9. The van der Waals surface area contributed by atoms with E-state index in [2.05, 4.69) is 10.3 Å². The number of imidazole rings is 1. The third kappa shape index (κ3) is 3.64. The molecule has 1 amide bonds. The quantitative estimate of drug-likeness (QED) is 0.577. The van der Waals surface area contributed by atoms with Crippen LogP contribution in [0.4, 0.5) is 11.4 Å². The second-order valence-electron chi connectivity index (χ2n) is 5.17. The predicted octanol–water partition coefficient (Wildman–Crippen LogP) is 2.96. The van der Waals surface area contributed by atoms with Gasteiger partial charge in [0.05, 0.1) is 17.7 Å². The van der Waals surface area contributed by atoms with Crippen LogP contribution in [0.15, 0.2) is 67.3 Å². The van der Waals surface area contributed by atoms with Crippen molar-refractivity contribution in [3.63, 3.8) is 0 Å². The molecule has 0 saturated heterocycles. The van der Waals surface area contributed by atoms with Crippen LogP contribution in [0.25, 0.3) is 5.69 Å². The Morgan fingerprint density at radius 2 is 2.04 bits per heavy atom. The Bertz CT molecular complexity index is 875. The number of rotatable bonds is 5. The SMILES string of the molecule is O=C(Cc1cccc([N+](=O)[O-])c1)Nc1cccc(-n2ccnc2)c1. The van der Waals surface area contributed by atoms with Gasteiger partial charge in [-0.15, -0.1) is 0 Å². The van der Waals surface area contributed by atoms with E-state index in [9.17, 15) is 14.9 Å². The fourth-order valence-corrected chi connectivity index (χ4v) is 2.33. The van der Waals surface area contributed by atoms with E-state index < -0.39 is 4.92 Å². The van der Waals surface area contributed by atoms with Gasteiger partial charge in [0.1, 0.15) is 0 Å². The average molecular weight is 322 g/mol. The summed E-state index contributed by atoms with van der Waals surface area (Å²) in [7, 11) is 0. The van der Waals surface area contributed by atoms with E-state index in [1.165, 1.54) is 12.1 Å². The highest BCUT2D eigenvalue weighted by atomic mass is 16.6. The fraction of sp³-hybridized carbons (Fsp3) is 0.0588. The molecule has 120 valence electrons. The molecule has 0 aliphatic carbocycles. The minimum atomic E-state index is -0.476. The Morgan fingerprint density at radius 3 is 2.79 bits per heavy atom. The normalized spacial score (nSPS) is 10.3. The summed E-state index contributed by atoms with van der Waals surface area (Å²) in [4.78, 5) is 26.5. The van der Waals surface area contributed by atoms with Gasteiger partial charge in [0.2, 0.25) is 5.91 Å². The predicted molar refractivity (Wildman–Crippen MR) is 89.0 cm³/mol. The maximum atomic E-state index is 12.2. The number of nitro groups is 1. The molecule has 0 fully saturated rings. The molecular weight excluding hydrogens is 308 g/mol. The van der Waals surface area contributed by atoms with Gasteiger partial charge >= 0.3 is 0 Å². The van der Waals surface area contributed by atoms with E-state index in [-0.39, 0.29) is 18.0 Å². The van der Waals surface area contributed by atoms with Crippen LogP contribution in [0.5, 0.6) is 0 Å². The zero-order valence-electron chi connectivity index (χ0n) is 12.6. The maximum Gasteiger partial charge on any atom is 0.269 e. The van der Waals surface area contributed by atoms with Crippen molar-refractivity contribution >= 4 is 17.3 Å². The molecule has 1 N–H and O–H groups in total. The monoisotopic (exact) mass is 322 g/mol. The van der Waals surface area contributed by atoms with Crippen LogP contribution in [0.2, 0.25) is 0 Å². The Labute approximate surface area is 137 Å². The number of anilines is 1. The smallest absolute Gasteiger partial charge is 0.269 e. The first kappa shape index (κ1) is 15.4. The van der Waals surface area contributed by atoms with Gasteiger partial charge in [0, 0.05) is 35.9 Å². The van der Waals surface area contributed by atoms with Crippen LogP contribution >= 0.6 is 0 Å². The van der Waals surface area contributed by atoms with Gasteiger partial charge in [-0.1, -0.05) is 18.2 Å². The lowest BCUT2D eigenvalue weighted by Crippen LogP contribution is -2.14. The van der Waals surface area contributed by atoms with Crippen molar-refractivity contribution in [2.75, 3.05) is 5.32 Å². The molecule has 1 heterocycles. The average Bonchev–Trinajstić information content (AvgIpc) is 3.09. The first-order valence-corrected chi connectivity index (χ1v) is 7.23. The van der Waals surface area contributed by atoms with E-state index in [4.69, 9.17) is 0 Å². The number of aromatic nitrogens is 2. The minimum Gasteiger partial charge on any atom is -0.326 e. The number of hydrogen-bond donors (Lipinski definition) is 1. The first-order valence-electron chi connectivity index (χ1n) is 7.23. The Balaban J connectivity index is 1.70. The van der Waals surface area contributed by atoms with Gasteiger partial charge < -0.3 is 9.88 Å². The molecule has 3 rings (SSSR count). The van der Waals surface area contributed by atoms with Gasteiger partial charge in [-0.3, -0.25) is 14.9 Å². The molecule has 24 heavy (non-hydrogen) atoms. The third-order valence-corrected chi connectivity index (χ3v) is 3.42. The van der Waals surface area contributed by atoms with Crippen molar-refractivity contribution in [2.24, 2.45) is 0 Å². The van der Waals surface area contributed by atoms with Crippen molar-refractivity contribution in [3.8, 4) is 5.69 Å². The number of nitrogens with one attached hydrogen (secondary N) is 1. The lowest BCUT2D eigenvalue weighted by molar-refractivity contribution is -0.384. The van der Waals surface area contributed by atoms with Crippen LogP contribution < -0.4 is 5.32 Å². The van der Waals surface area contributed by atoms with Gasteiger partial charge in [0.15, 0.2) is 0 Å². The number of nitrogens with zero attached hydrogens (tertiary/aromatic N) is 3. The molecule has 0 aliphatic heterocycles. The summed E-state index contributed by atoms with van der Waals surface area (Å²) in [6.45, 7) is 0. The lowest BCUT2D eigenvalue weighted by atomic mass is 10.1.